The summed E-state index contributed by atoms with van der Waals surface area (Å²) in [5.41, 5.74) is 5.19. The second kappa shape index (κ2) is 4.58. The highest BCUT2D eigenvalue weighted by Crippen LogP contribution is 2.26. The van der Waals surface area contributed by atoms with E-state index in [9.17, 15) is 0 Å². The first-order chi connectivity index (χ1) is 9.09. The van der Waals surface area contributed by atoms with Crippen molar-refractivity contribution >= 4 is 39.3 Å². The molecule has 19 heavy (non-hydrogen) atoms. The first-order valence-corrected chi connectivity index (χ1v) is 7.11. The molecule has 2 aromatic heterocycles. The number of H-pyrrole nitrogens is 1. The second-order valence-corrected chi connectivity index (χ2v) is 5.72. The van der Waals surface area contributed by atoms with Crippen molar-refractivity contribution < 1.29 is 0 Å². The molecule has 0 aliphatic heterocycles. The summed E-state index contributed by atoms with van der Waals surface area (Å²) in [6.45, 7) is 4.11. The number of halogens is 1. The molecule has 3 aromatic rings. The molecule has 0 aliphatic carbocycles. The van der Waals surface area contributed by atoms with Crippen molar-refractivity contribution in [3.63, 3.8) is 0 Å². The Morgan fingerprint density at radius 2 is 2.05 bits per heavy atom. The maximum atomic E-state index is 5.45. The van der Waals surface area contributed by atoms with Crippen molar-refractivity contribution in [2.24, 2.45) is 0 Å². The number of benzene rings is 1. The summed E-state index contributed by atoms with van der Waals surface area (Å²) >= 11 is 9.01. The van der Waals surface area contributed by atoms with E-state index in [-0.39, 0.29) is 0 Å². The molecular formula is C14H12BrN3S. The summed E-state index contributed by atoms with van der Waals surface area (Å²) in [5.74, 6) is 0. The van der Waals surface area contributed by atoms with Gasteiger partial charge < -0.3 is 4.98 Å². The number of hydrogen-bond acceptors (Lipinski definition) is 2. The van der Waals surface area contributed by atoms with E-state index in [2.05, 4.69) is 32.8 Å². The fraction of sp³-hybridized carbons (Fsp3) is 0.143. The zero-order valence-electron chi connectivity index (χ0n) is 10.6. The number of hydrogen-bond donors (Lipinski definition) is 1. The van der Waals surface area contributed by atoms with E-state index in [4.69, 9.17) is 12.2 Å². The topological polar surface area (TPSA) is 33.6 Å². The summed E-state index contributed by atoms with van der Waals surface area (Å²) in [7, 11) is 0. The van der Waals surface area contributed by atoms with Crippen LogP contribution in [0.1, 0.15) is 11.1 Å². The van der Waals surface area contributed by atoms with Crippen LogP contribution in [-0.2, 0) is 0 Å². The van der Waals surface area contributed by atoms with Gasteiger partial charge in [-0.1, -0.05) is 22.0 Å². The number of aryl methyl sites for hydroxylation is 1. The predicted molar refractivity (Wildman–Crippen MR) is 83.4 cm³/mol. The lowest BCUT2D eigenvalue weighted by Crippen LogP contribution is -1.98. The zero-order chi connectivity index (χ0) is 13.6. The molecule has 0 fully saturated rings. The standard InChI is InChI=1S/C14H12BrN3S/c1-8-6-7-16-13-12(8)17-14(19)18(13)11-5-3-4-10(15)9(11)2/h3-7H,1-2H3,(H,17,19). The minimum atomic E-state index is 0.665. The minimum absolute atomic E-state index is 0.665. The van der Waals surface area contributed by atoms with Crippen molar-refractivity contribution in [1.82, 2.24) is 14.5 Å². The van der Waals surface area contributed by atoms with Crippen molar-refractivity contribution in [3.8, 4) is 5.69 Å². The van der Waals surface area contributed by atoms with Crippen LogP contribution in [0, 0.1) is 18.6 Å². The molecule has 0 unspecified atom stereocenters. The molecule has 0 saturated heterocycles. The quantitative estimate of drug-likeness (QED) is 0.667. The number of fused-ring (bicyclic) bond motifs is 1. The molecule has 1 N–H and O–H groups in total. The van der Waals surface area contributed by atoms with Crippen molar-refractivity contribution in [3.05, 3.63) is 50.8 Å². The molecule has 0 aliphatic rings. The highest BCUT2D eigenvalue weighted by atomic mass is 79.9. The molecule has 0 amide bonds. The summed E-state index contributed by atoms with van der Waals surface area (Å²) in [6, 6.07) is 8.05. The highest BCUT2D eigenvalue weighted by Gasteiger charge is 2.12. The molecule has 3 rings (SSSR count). The third-order valence-corrected chi connectivity index (χ3v) is 4.41. The van der Waals surface area contributed by atoms with Gasteiger partial charge in [-0.15, -0.1) is 0 Å². The zero-order valence-corrected chi connectivity index (χ0v) is 13.0. The summed E-state index contributed by atoms with van der Waals surface area (Å²) in [6.07, 6.45) is 1.81. The third-order valence-electron chi connectivity index (χ3n) is 3.27. The van der Waals surface area contributed by atoms with Gasteiger partial charge in [0, 0.05) is 10.7 Å². The largest absolute Gasteiger partial charge is 0.329 e. The SMILES string of the molecule is Cc1c(Br)cccc1-n1c(=S)[nH]c2c(C)ccnc21. The number of nitrogens with one attached hydrogen (secondary N) is 1. The Hall–Kier alpha value is -1.46. The van der Waals surface area contributed by atoms with E-state index in [0.717, 1.165) is 32.5 Å². The average molecular weight is 334 g/mol. The lowest BCUT2D eigenvalue weighted by molar-refractivity contribution is 1.03. The molecule has 1 aromatic carbocycles. The summed E-state index contributed by atoms with van der Waals surface area (Å²) < 4.78 is 3.71. The van der Waals surface area contributed by atoms with E-state index in [1.54, 1.807) is 0 Å². The Morgan fingerprint density at radius 1 is 1.26 bits per heavy atom. The molecule has 0 saturated carbocycles. The summed E-state index contributed by atoms with van der Waals surface area (Å²) in [4.78, 5) is 7.70. The van der Waals surface area contributed by atoms with Gasteiger partial charge in [0.1, 0.15) is 0 Å². The van der Waals surface area contributed by atoms with Crippen LogP contribution in [-0.4, -0.2) is 14.5 Å². The van der Waals surface area contributed by atoms with Crippen LogP contribution in [0.15, 0.2) is 34.9 Å². The minimum Gasteiger partial charge on any atom is -0.329 e. The van der Waals surface area contributed by atoms with Gasteiger partial charge in [0.25, 0.3) is 0 Å². The maximum absolute atomic E-state index is 5.45. The first-order valence-electron chi connectivity index (χ1n) is 5.91. The molecule has 0 atom stereocenters. The van der Waals surface area contributed by atoms with Gasteiger partial charge in [-0.25, -0.2) is 4.98 Å². The Bertz CT molecular complexity index is 832. The molecule has 5 heteroatoms. The number of nitrogens with zero attached hydrogens (tertiary/aromatic N) is 2. The first kappa shape index (κ1) is 12.6. The van der Waals surface area contributed by atoms with Crippen molar-refractivity contribution in [2.75, 3.05) is 0 Å². The fourth-order valence-corrected chi connectivity index (χ4v) is 2.83. The van der Waals surface area contributed by atoms with Crippen LogP contribution in [0.3, 0.4) is 0 Å². The van der Waals surface area contributed by atoms with Gasteiger partial charge >= 0.3 is 0 Å². The van der Waals surface area contributed by atoms with E-state index in [1.807, 2.05) is 42.0 Å². The van der Waals surface area contributed by atoms with E-state index in [1.165, 1.54) is 0 Å². The monoisotopic (exact) mass is 333 g/mol. The predicted octanol–water partition coefficient (Wildman–Crippen LogP) is 4.46. The average Bonchev–Trinajstić information content (AvgIpc) is 2.71. The maximum Gasteiger partial charge on any atom is 0.184 e. The second-order valence-electron chi connectivity index (χ2n) is 4.48. The third kappa shape index (κ3) is 1.93. The van der Waals surface area contributed by atoms with Gasteiger partial charge in [0.15, 0.2) is 10.4 Å². The number of aromatic amines is 1. The number of rotatable bonds is 1. The molecule has 96 valence electrons. The highest BCUT2D eigenvalue weighted by molar-refractivity contribution is 9.10. The van der Waals surface area contributed by atoms with Crippen LogP contribution in [0.5, 0.6) is 0 Å². The number of aromatic nitrogens is 3. The van der Waals surface area contributed by atoms with Gasteiger partial charge in [-0.3, -0.25) is 4.57 Å². The lowest BCUT2D eigenvalue weighted by atomic mass is 10.2. The van der Waals surface area contributed by atoms with E-state index >= 15 is 0 Å². The van der Waals surface area contributed by atoms with E-state index in [0.29, 0.717) is 4.77 Å². The van der Waals surface area contributed by atoms with Crippen molar-refractivity contribution in [1.29, 1.82) is 0 Å². The van der Waals surface area contributed by atoms with Crippen LogP contribution in [0.2, 0.25) is 0 Å². The smallest absolute Gasteiger partial charge is 0.184 e. The van der Waals surface area contributed by atoms with Crippen LogP contribution >= 0.6 is 28.1 Å². The Kier molecular flexibility index (Phi) is 3.03. The Labute approximate surface area is 124 Å². The van der Waals surface area contributed by atoms with Gasteiger partial charge in [-0.2, -0.15) is 0 Å². The number of pyridine rings is 1. The lowest BCUT2D eigenvalue weighted by Gasteiger charge is -2.09. The summed E-state index contributed by atoms with van der Waals surface area (Å²) in [5, 5.41) is 0. The van der Waals surface area contributed by atoms with Gasteiger partial charge in [0.2, 0.25) is 0 Å². The molecule has 0 spiro atoms. The van der Waals surface area contributed by atoms with Crippen LogP contribution in [0.4, 0.5) is 0 Å². The van der Waals surface area contributed by atoms with Gasteiger partial charge in [-0.05, 0) is 55.4 Å². The molecule has 0 bridgehead atoms. The normalized spacial score (nSPS) is 11.1. The molecular weight excluding hydrogens is 322 g/mol. The van der Waals surface area contributed by atoms with Crippen LogP contribution in [0.25, 0.3) is 16.9 Å². The molecule has 3 nitrogen and oxygen atoms in total. The van der Waals surface area contributed by atoms with E-state index < -0.39 is 0 Å². The fourth-order valence-electron chi connectivity index (χ4n) is 2.19. The Morgan fingerprint density at radius 3 is 2.84 bits per heavy atom. The van der Waals surface area contributed by atoms with Gasteiger partial charge in [0.05, 0.1) is 11.2 Å². The van der Waals surface area contributed by atoms with Crippen molar-refractivity contribution in [2.45, 2.75) is 13.8 Å². The van der Waals surface area contributed by atoms with Crippen LogP contribution < -0.4 is 0 Å². The molecule has 2 heterocycles. The number of imidazole rings is 1. The molecule has 0 radical (unpaired) electrons. The Balaban J connectivity index is 2.44.